The van der Waals surface area contributed by atoms with Gasteiger partial charge in [-0.25, -0.2) is 0 Å². The molecule has 3 rings (SSSR count). The Balaban J connectivity index is 2.03. The summed E-state index contributed by atoms with van der Waals surface area (Å²) in [5, 5.41) is 11.6. The number of hydrogen-bond acceptors (Lipinski definition) is 1. The molecule has 0 saturated heterocycles. The van der Waals surface area contributed by atoms with E-state index in [9.17, 15) is 5.11 Å². The molecule has 1 heteroatoms. The lowest BCUT2D eigenvalue weighted by Gasteiger charge is -2.32. The third kappa shape index (κ3) is 3.47. The average Bonchev–Trinajstić information content (AvgIpc) is 2.68. The molecule has 0 radical (unpaired) electrons. The van der Waals surface area contributed by atoms with E-state index in [1.165, 1.54) is 0 Å². The minimum atomic E-state index is -1.07. The topological polar surface area (TPSA) is 20.2 Å². The van der Waals surface area contributed by atoms with Crippen LogP contribution in [0.3, 0.4) is 0 Å². The third-order valence-corrected chi connectivity index (χ3v) is 4.53. The van der Waals surface area contributed by atoms with Gasteiger partial charge in [-0.3, -0.25) is 0 Å². The van der Waals surface area contributed by atoms with Crippen molar-refractivity contribution in [2.45, 2.75) is 18.4 Å². The second kappa shape index (κ2) is 7.29. The van der Waals surface area contributed by atoms with E-state index in [0.717, 1.165) is 16.7 Å². The zero-order valence-electron chi connectivity index (χ0n) is 13.8. The Morgan fingerprint density at radius 1 is 0.750 bits per heavy atom. The van der Waals surface area contributed by atoms with Gasteiger partial charge in [0, 0.05) is 5.92 Å². The number of rotatable bonds is 5. The lowest BCUT2D eigenvalue weighted by atomic mass is 9.78. The van der Waals surface area contributed by atoms with Crippen molar-refractivity contribution < 1.29 is 5.11 Å². The molecule has 0 aliphatic rings. The van der Waals surface area contributed by atoms with Gasteiger partial charge in [0.25, 0.3) is 0 Å². The summed E-state index contributed by atoms with van der Waals surface area (Å²) in [6.07, 6.45) is 3.90. The van der Waals surface area contributed by atoms with Gasteiger partial charge < -0.3 is 5.11 Å². The molecule has 0 bridgehead atoms. The summed E-state index contributed by atoms with van der Waals surface area (Å²) in [5.41, 5.74) is 2.01. The molecule has 120 valence electrons. The van der Waals surface area contributed by atoms with E-state index in [1.807, 2.05) is 91.0 Å². The third-order valence-electron chi connectivity index (χ3n) is 4.53. The van der Waals surface area contributed by atoms with Gasteiger partial charge in [-0.2, -0.15) is 0 Å². The van der Waals surface area contributed by atoms with Crippen molar-refractivity contribution >= 4 is 6.08 Å². The molecule has 2 atom stereocenters. The van der Waals surface area contributed by atoms with Crippen LogP contribution in [0.5, 0.6) is 0 Å². The van der Waals surface area contributed by atoms with Crippen molar-refractivity contribution in [2.75, 3.05) is 0 Å². The minimum absolute atomic E-state index is 0.0685. The SMILES string of the molecule is CC(c1ccccc1)C(O)(C=Cc1ccccc1)c1ccccc1. The highest BCUT2D eigenvalue weighted by atomic mass is 16.3. The molecular formula is C23H22O. The molecule has 0 aliphatic carbocycles. The maximum Gasteiger partial charge on any atom is 0.115 e. The molecular weight excluding hydrogens is 292 g/mol. The average molecular weight is 314 g/mol. The van der Waals surface area contributed by atoms with E-state index in [0.29, 0.717) is 0 Å². The Morgan fingerprint density at radius 3 is 1.83 bits per heavy atom. The van der Waals surface area contributed by atoms with E-state index in [-0.39, 0.29) is 5.92 Å². The zero-order chi connectivity index (χ0) is 16.8. The van der Waals surface area contributed by atoms with Gasteiger partial charge in [-0.05, 0) is 22.8 Å². The zero-order valence-corrected chi connectivity index (χ0v) is 13.8. The van der Waals surface area contributed by atoms with E-state index in [2.05, 4.69) is 19.1 Å². The van der Waals surface area contributed by atoms with E-state index in [1.54, 1.807) is 0 Å². The van der Waals surface area contributed by atoms with Crippen LogP contribution in [0.1, 0.15) is 29.5 Å². The molecule has 1 N–H and O–H groups in total. The Bertz CT molecular complexity index is 778. The lowest BCUT2D eigenvalue weighted by Crippen LogP contribution is -2.29. The monoisotopic (exact) mass is 314 g/mol. The van der Waals surface area contributed by atoms with Gasteiger partial charge in [0.1, 0.15) is 5.60 Å². The summed E-state index contributed by atoms with van der Waals surface area (Å²) >= 11 is 0. The molecule has 0 saturated carbocycles. The Hall–Kier alpha value is -2.64. The summed E-state index contributed by atoms with van der Waals surface area (Å²) in [4.78, 5) is 0. The predicted octanol–water partition coefficient (Wildman–Crippen LogP) is 5.39. The first kappa shape index (κ1) is 16.2. The van der Waals surface area contributed by atoms with Crippen molar-refractivity contribution in [1.29, 1.82) is 0 Å². The van der Waals surface area contributed by atoms with Gasteiger partial charge in [-0.15, -0.1) is 0 Å². The number of hydrogen-bond donors (Lipinski definition) is 1. The molecule has 2 unspecified atom stereocenters. The van der Waals surface area contributed by atoms with Crippen LogP contribution in [-0.2, 0) is 5.60 Å². The number of aliphatic hydroxyl groups is 1. The summed E-state index contributed by atoms with van der Waals surface area (Å²) in [5.74, 6) is -0.0685. The molecule has 0 aliphatic heterocycles. The largest absolute Gasteiger partial charge is 0.380 e. The fourth-order valence-corrected chi connectivity index (χ4v) is 2.98. The van der Waals surface area contributed by atoms with E-state index < -0.39 is 5.60 Å². The van der Waals surface area contributed by atoms with Crippen LogP contribution in [0.25, 0.3) is 6.08 Å². The van der Waals surface area contributed by atoms with Crippen LogP contribution in [0.2, 0.25) is 0 Å². The Kier molecular flexibility index (Phi) is 4.93. The standard InChI is InChI=1S/C23H22O/c1-19(21-13-7-3-8-14-21)23(24,22-15-9-4-10-16-22)18-17-20-11-5-2-6-12-20/h2-19,24H,1H3. The van der Waals surface area contributed by atoms with Gasteiger partial charge in [-0.1, -0.05) is 104 Å². The van der Waals surface area contributed by atoms with Crippen LogP contribution in [-0.4, -0.2) is 5.11 Å². The van der Waals surface area contributed by atoms with Crippen LogP contribution < -0.4 is 0 Å². The van der Waals surface area contributed by atoms with Crippen molar-refractivity contribution in [3.05, 3.63) is 114 Å². The quantitative estimate of drug-likeness (QED) is 0.669. The molecule has 0 spiro atoms. The van der Waals surface area contributed by atoms with Crippen LogP contribution in [0, 0.1) is 0 Å². The summed E-state index contributed by atoms with van der Waals surface area (Å²) < 4.78 is 0. The van der Waals surface area contributed by atoms with Crippen LogP contribution >= 0.6 is 0 Å². The van der Waals surface area contributed by atoms with E-state index in [4.69, 9.17) is 0 Å². The summed E-state index contributed by atoms with van der Waals surface area (Å²) in [6, 6.07) is 30.1. The van der Waals surface area contributed by atoms with Crippen LogP contribution in [0.15, 0.2) is 97.1 Å². The highest BCUT2D eigenvalue weighted by Gasteiger charge is 2.33. The normalized spacial score (nSPS) is 15.1. The number of benzene rings is 3. The Morgan fingerprint density at radius 2 is 1.25 bits per heavy atom. The van der Waals surface area contributed by atoms with Crippen LogP contribution in [0.4, 0.5) is 0 Å². The fourth-order valence-electron chi connectivity index (χ4n) is 2.98. The molecule has 24 heavy (non-hydrogen) atoms. The molecule has 0 aromatic heterocycles. The fraction of sp³-hybridized carbons (Fsp3) is 0.130. The first-order valence-corrected chi connectivity index (χ1v) is 8.27. The molecule has 0 heterocycles. The maximum absolute atomic E-state index is 11.6. The molecule has 3 aromatic rings. The van der Waals surface area contributed by atoms with Crippen molar-refractivity contribution in [2.24, 2.45) is 0 Å². The van der Waals surface area contributed by atoms with Gasteiger partial charge in [0.2, 0.25) is 0 Å². The summed E-state index contributed by atoms with van der Waals surface area (Å²) in [6.45, 7) is 2.07. The van der Waals surface area contributed by atoms with E-state index >= 15 is 0 Å². The van der Waals surface area contributed by atoms with Gasteiger partial charge in [0.05, 0.1) is 0 Å². The second-order valence-electron chi connectivity index (χ2n) is 6.07. The lowest BCUT2D eigenvalue weighted by molar-refractivity contribution is 0.0647. The van der Waals surface area contributed by atoms with Gasteiger partial charge >= 0.3 is 0 Å². The smallest absolute Gasteiger partial charge is 0.115 e. The molecule has 0 fully saturated rings. The summed E-state index contributed by atoms with van der Waals surface area (Å²) in [7, 11) is 0. The predicted molar refractivity (Wildman–Crippen MR) is 101 cm³/mol. The first-order chi connectivity index (χ1) is 11.7. The molecule has 3 aromatic carbocycles. The van der Waals surface area contributed by atoms with Crippen molar-refractivity contribution in [3.63, 3.8) is 0 Å². The first-order valence-electron chi connectivity index (χ1n) is 8.27. The second-order valence-corrected chi connectivity index (χ2v) is 6.07. The molecule has 0 amide bonds. The van der Waals surface area contributed by atoms with Gasteiger partial charge in [0.15, 0.2) is 0 Å². The highest BCUT2D eigenvalue weighted by Crippen LogP contribution is 2.38. The maximum atomic E-state index is 11.6. The Labute approximate surface area is 143 Å². The van der Waals surface area contributed by atoms with Crippen molar-refractivity contribution in [1.82, 2.24) is 0 Å². The molecule has 1 nitrogen and oxygen atoms in total. The minimum Gasteiger partial charge on any atom is -0.380 e. The highest BCUT2D eigenvalue weighted by molar-refractivity contribution is 5.52. The van der Waals surface area contributed by atoms with Crippen molar-refractivity contribution in [3.8, 4) is 0 Å².